The molecule has 0 aliphatic heterocycles. The van der Waals surface area contributed by atoms with Crippen LogP contribution in [0.15, 0.2) is 28.7 Å². The van der Waals surface area contributed by atoms with E-state index in [9.17, 15) is 0 Å². The van der Waals surface area contributed by atoms with Crippen molar-refractivity contribution < 1.29 is 5.11 Å². The van der Waals surface area contributed by atoms with Crippen LogP contribution in [0.1, 0.15) is 5.56 Å². The number of rotatable bonds is 3. The number of aliphatic hydroxyl groups excluding tert-OH is 1. The Hall–Kier alpha value is -0.0900. The van der Waals surface area contributed by atoms with Gasteiger partial charge in [0.05, 0.1) is 6.61 Å². The smallest absolute Gasteiger partial charge is 0.0585 e. The second kappa shape index (κ2) is 6.38. The van der Waals surface area contributed by atoms with Crippen LogP contribution >= 0.6 is 28.3 Å². The molecule has 2 nitrogen and oxygen atoms in total. The van der Waals surface area contributed by atoms with Crippen molar-refractivity contribution in [1.29, 1.82) is 0 Å². The first-order valence-corrected chi connectivity index (χ1v) is 4.62. The van der Waals surface area contributed by atoms with Crippen LogP contribution in [0.4, 0.5) is 0 Å². The highest BCUT2D eigenvalue weighted by molar-refractivity contribution is 9.10. The van der Waals surface area contributed by atoms with Crippen LogP contribution in [0.25, 0.3) is 0 Å². The molecule has 4 heteroatoms. The predicted molar refractivity (Wildman–Crippen MR) is 60.2 cm³/mol. The van der Waals surface area contributed by atoms with Gasteiger partial charge in [-0.2, -0.15) is 0 Å². The fourth-order valence-corrected chi connectivity index (χ4v) is 1.48. The topological polar surface area (TPSA) is 46.2 Å². The minimum absolute atomic E-state index is 0. The molecule has 3 N–H and O–H groups in total. The van der Waals surface area contributed by atoms with Crippen LogP contribution < -0.4 is 5.73 Å². The van der Waals surface area contributed by atoms with E-state index in [2.05, 4.69) is 15.9 Å². The molecule has 0 aliphatic rings. The molecule has 0 radical (unpaired) electrons. The summed E-state index contributed by atoms with van der Waals surface area (Å²) >= 11 is 3.37. The van der Waals surface area contributed by atoms with E-state index in [4.69, 9.17) is 10.8 Å². The lowest BCUT2D eigenvalue weighted by molar-refractivity contribution is 0.265. The van der Waals surface area contributed by atoms with E-state index in [0.717, 1.165) is 16.5 Å². The standard InChI is InChI=1S/C9H12BrNO.ClH/c10-8-3-1-2-7(4-8)5-9(11)6-12;/h1-4,9,12H,5-6,11H2;1H/t9-;/m0./s1. The van der Waals surface area contributed by atoms with Gasteiger partial charge in [0, 0.05) is 10.5 Å². The minimum atomic E-state index is -0.153. The van der Waals surface area contributed by atoms with Crippen molar-refractivity contribution in [2.75, 3.05) is 6.61 Å². The third kappa shape index (κ3) is 4.62. The Kier molecular flexibility index (Phi) is 6.33. The molecule has 0 aliphatic carbocycles. The number of hydrogen-bond acceptors (Lipinski definition) is 2. The molecule has 0 unspecified atom stereocenters. The summed E-state index contributed by atoms with van der Waals surface area (Å²) in [5.41, 5.74) is 6.73. The van der Waals surface area contributed by atoms with E-state index >= 15 is 0 Å². The number of benzene rings is 1. The minimum Gasteiger partial charge on any atom is -0.395 e. The van der Waals surface area contributed by atoms with Crippen molar-refractivity contribution >= 4 is 28.3 Å². The molecule has 0 spiro atoms. The second-order valence-corrected chi connectivity index (χ2v) is 3.69. The van der Waals surface area contributed by atoms with Crippen molar-refractivity contribution in [3.05, 3.63) is 34.3 Å². The molecule has 0 saturated heterocycles. The summed E-state index contributed by atoms with van der Waals surface area (Å²) in [6.45, 7) is 0.0342. The Morgan fingerprint density at radius 2 is 2.15 bits per heavy atom. The van der Waals surface area contributed by atoms with Crippen LogP contribution in [0, 0.1) is 0 Å². The van der Waals surface area contributed by atoms with Crippen molar-refractivity contribution in [3.8, 4) is 0 Å². The van der Waals surface area contributed by atoms with Crippen LogP contribution in [-0.4, -0.2) is 17.8 Å². The first-order valence-electron chi connectivity index (χ1n) is 3.83. The van der Waals surface area contributed by atoms with Gasteiger partial charge in [-0.1, -0.05) is 28.1 Å². The third-order valence-corrected chi connectivity index (χ3v) is 2.11. The lowest BCUT2D eigenvalue weighted by Gasteiger charge is -2.07. The summed E-state index contributed by atoms with van der Waals surface area (Å²) in [4.78, 5) is 0. The van der Waals surface area contributed by atoms with Crippen molar-refractivity contribution in [2.45, 2.75) is 12.5 Å². The summed E-state index contributed by atoms with van der Waals surface area (Å²) in [6.07, 6.45) is 0.718. The second-order valence-electron chi connectivity index (χ2n) is 2.78. The highest BCUT2D eigenvalue weighted by Gasteiger charge is 2.01. The molecule has 1 aromatic rings. The summed E-state index contributed by atoms with van der Waals surface area (Å²) in [6, 6.07) is 7.78. The molecule has 0 bridgehead atoms. The lowest BCUT2D eigenvalue weighted by Crippen LogP contribution is -2.26. The molecule has 74 valence electrons. The van der Waals surface area contributed by atoms with E-state index in [0.29, 0.717) is 0 Å². The fourth-order valence-electron chi connectivity index (χ4n) is 1.03. The van der Waals surface area contributed by atoms with Crippen LogP contribution in [0.5, 0.6) is 0 Å². The zero-order chi connectivity index (χ0) is 8.97. The zero-order valence-electron chi connectivity index (χ0n) is 7.11. The lowest BCUT2D eigenvalue weighted by atomic mass is 10.1. The third-order valence-electron chi connectivity index (χ3n) is 1.62. The molecule has 0 aromatic heterocycles. The van der Waals surface area contributed by atoms with E-state index < -0.39 is 0 Å². The molecule has 0 saturated carbocycles. The van der Waals surface area contributed by atoms with Gasteiger partial charge in [-0.05, 0) is 24.1 Å². The van der Waals surface area contributed by atoms with Gasteiger partial charge >= 0.3 is 0 Å². The molecule has 0 heterocycles. The maximum absolute atomic E-state index is 8.73. The highest BCUT2D eigenvalue weighted by atomic mass is 79.9. The van der Waals surface area contributed by atoms with Gasteiger partial charge in [0.1, 0.15) is 0 Å². The first-order chi connectivity index (χ1) is 5.72. The molecule has 13 heavy (non-hydrogen) atoms. The van der Waals surface area contributed by atoms with Gasteiger partial charge in [-0.3, -0.25) is 0 Å². The van der Waals surface area contributed by atoms with E-state index in [1.54, 1.807) is 0 Å². The van der Waals surface area contributed by atoms with Gasteiger partial charge in [-0.15, -0.1) is 12.4 Å². The maximum atomic E-state index is 8.73. The van der Waals surface area contributed by atoms with E-state index in [1.165, 1.54) is 0 Å². The first kappa shape index (κ1) is 12.9. The highest BCUT2D eigenvalue weighted by Crippen LogP contribution is 2.12. The Morgan fingerprint density at radius 3 is 2.69 bits per heavy atom. The summed E-state index contributed by atoms with van der Waals surface area (Å²) < 4.78 is 1.05. The normalized spacial score (nSPS) is 11.9. The zero-order valence-corrected chi connectivity index (χ0v) is 9.51. The summed E-state index contributed by atoms with van der Waals surface area (Å²) in [5.74, 6) is 0. The molecular formula is C9H13BrClNO. The van der Waals surface area contributed by atoms with E-state index in [-0.39, 0.29) is 25.1 Å². The molecule has 1 aromatic carbocycles. The van der Waals surface area contributed by atoms with Gasteiger partial charge in [0.2, 0.25) is 0 Å². The number of hydrogen-bond donors (Lipinski definition) is 2. The SMILES string of the molecule is Cl.N[C@H](CO)Cc1cccc(Br)c1. The van der Waals surface area contributed by atoms with Gasteiger partial charge in [0.15, 0.2) is 0 Å². The fraction of sp³-hybridized carbons (Fsp3) is 0.333. The monoisotopic (exact) mass is 265 g/mol. The van der Waals surface area contributed by atoms with Gasteiger partial charge in [-0.25, -0.2) is 0 Å². The van der Waals surface area contributed by atoms with Crippen LogP contribution in [0.2, 0.25) is 0 Å². The van der Waals surface area contributed by atoms with E-state index in [1.807, 2.05) is 24.3 Å². The van der Waals surface area contributed by atoms with Crippen molar-refractivity contribution in [3.63, 3.8) is 0 Å². The molecule has 0 fully saturated rings. The van der Waals surface area contributed by atoms with Gasteiger partial charge < -0.3 is 10.8 Å². The molecular weight excluding hydrogens is 253 g/mol. The predicted octanol–water partition coefficient (Wildman–Crippen LogP) is 1.73. The van der Waals surface area contributed by atoms with Crippen LogP contribution in [-0.2, 0) is 6.42 Å². The summed E-state index contributed by atoms with van der Waals surface area (Å²) in [5, 5.41) is 8.73. The molecule has 0 amide bonds. The van der Waals surface area contributed by atoms with Crippen molar-refractivity contribution in [2.24, 2.45) is 5.73 Å². The number of aliphatic hydroxyl groups is 1. The Bertz CT molecular complexity index is 257. The molecule has 1 rings (SSSR count). The maximum Gasteiger partial charge on any atom is 0.0585 e. The van der Waals surface area contributed by atoms with Gasteiger partial charge in [0.25, 0.3) is 0 Å². The Labute approximate surface area is 92.7 Å². The number of halogens is 2. The molecule has 1 atom stereocenters. The van der Waals surface area contributed by atoms with Crippen molar-refractivity contribution in [1.82, 2.24) is 0 Å². The Morgan fingerprint density at radius 1 is 1.46 bits per heavy atom. The summed E-state index contributed by atoms with van der Waals surface area (Å²) in [7, 11) is 0. The quantitative estimate of drug-likeness (QED) is 0.875. The number of nitrogens with two attached hydrogens (primary N) is 1. The average Bonchev–Trinajstić information content (AvgIpc) is 2.04. The largest absolute Gasteiger partial charge is 0.395 e. The average molecular weight is 267 g/mol. The Balaban J connectivity index is 0.00000144. The van der Waals surface area contributed by atoms with Crippen LogP contribution in [0.3, 0.4) is 0 Å².